The SMILES string of the molecule is OCc1ccc(CN2CCNCC2)c(F)c1. The van der Waals surface area contributed by atoms with E-state index < -0.39 is 0 Å². The molecule has 1 heterocycles. The van der Waals surface area contributed by atoms with Crippen molar-refractivity contribution in [1.29, 1.82) is 0 Å². The Labute approximate surface area is 94.9 Å². The number of aliphatic hydroxyl groups is 1. The second kappa shape index (κ2) is 5.39. The van der Waals surface area contributed by atoms with E-state index in [4.69, 9.17) is 5.11 Å². The maximum absolute atomic E-state index is 13.6. The summed E-state index contributed by atoms with van der Waals surface area (Å²) in [5.74, 6) is -0.218. The lowest BCUT2D eigenvalue weighted by atomic mass is 10.1. The van der Waals surface area contributed by atoms with Crippen LogP contribution in [0.15, 0.2) is 18.2 Å². The quantitative estimate of drug-likeness (QED) is 0.794. The van der Waals surface area contributed by atoms with E-state index in [1.165, 1.54) is 6.07 Å². The highest BCUT2D eigenvalue weighted by atomic mass is 19.1. The van der Waals surface area contributed by atoms with Gasteiger partial charge in [0.2, 0.25) is 0 Å². The molecule has 1 aliphatic heterocycles. The monoisotopic (exact) mass is 224 g/mol. The Balaban J connectivity index is 2.03. The zero-order valence-electron chi connectivity index (χ0n) is 9.25. The van der Waals surface area contributed by atoms with Crippen molar-refractivity contribution in [2.24, 2.45) is 0 Å². The highest BCUT2D eigenvalue weighted by Gasteiger charge is 2.12. The summed E-state index contributed by atoms with van der Waals surface area (Å²) in [6.45, 7) is 4.40. The van der Waals surface area contributed by atoms with Crippen LogP contribution in [0.5, 0.6) is 0 Å². The summed E-state index contributed by atoms with van der Waals surface area (Å²) in [5.41, 5.74) is 1.33. The Kier molecular flexibility index (Phi) is 3.88. The normalized spacial score (nSPS) is 17.6. The Bertz CT molecular complexity index is 351. The topological polar surface area (TPSA) is 35.5 Å². The third-order valence-electron chi connectivity index (χ3n) is 2.90. The molecule has 0 saturated carbocycles. The molecule has 0 atom stereocenters. The Morgan fingerprint density at radius 3 is 2.69 bits per heavy atom. The largest absolute Gasteiger partial charge is 0.392 e. The zero-order chi connectivity index (χ0) is 11.4. The van der Waals surface area contributed by atoms with Crippen LogP contribution in [0.4, 0.5) is 4.39 Å². The first-order valence-electron chi connectivity index (χ1n) is 5.61. The summed E-state index contributed by atoms with van der Waals surface area (Å²) >= 11 is 0. The molecule has 0 unspecified atom stereocenters. The summed E-state index contributed by atoms with van der Waals surface area (Å²) < 4.78 is 13.6. The lowest BCUT2D eigenvalue weighted by molar-refractivity contribution is 0.230. The first kappa shape index (κ1) is 11.5. The predicted octanol–water partition coefficient (Wildman–Crippen LogP) is 0.723. The number of hydrogen-bond donors (Lipinski definition) is 2. The van der Waals surface area contributed by atoms with Crippen LogP contribution in [0.1, 0.15) is 11.1 Å². The number of aliphatic hydroxyl groups excluding tert-OH is 1. The van der Waals surface area contributed by atoms with Crippen LogP contribution in [0.2, 0.25) is 0 Å². The van der Waals surface area contributed by atoms with Crippen LogP contribution in [-0.4, -0.2) is 36.2 Å². The molecule has 16 heavy (non-hydrogen) atoms. The van der Waals surface area contributed by atoms with E-state index in [0.29, 0.717) is 17.7 Å². The third kappa shape index (κ3) is 2.78. The Morgan fingerprint density at radius 1 is 1.31 bits per heavy atom. The predicted molar refractivity (Wildman–Crippen MR) is 60.5 cm³/mol. The molecule has 1 fully saturated rings. The minimum Gasteiger partial charge on any atom is -0.392 e. The molecule has 1 saturated heterocycles. The van der Waals surface area contributed by atoms with Crippen molar-refractivity contribution in [2.45, 2.75) is 13.2 Å². The molecule has 0 bridgehead atoms. The number of rotatable bonds is 3. The molecule has 1 aliphatic rings. The molecule has 0 aromatic heterocycles. The van der Waals surface area contributed by atoms with Gasteiger partial charge in [-0.05, 0) is 11.6 Å². The average Bonchev–Trinajstić information content (AvgIpc) is 2.33. The van der Waals surface area contributed by atoms with E-state index >= 15 is 0 Å². The number of benzene rings is 1. The van der Waals surface area contributed by atoms with E-state index in [1.807, 2.05) is 0 Å². The van der Waals surface area contributed by atoms with Gasteiger partial charge < -0.3 is 10.4 Å². The average molecular weight is 224 g/mol. The van der Waals surface area contributed by atoms with Gasteiger partial charge in [0.25, 0.3) is 0 Å². The molecular weight excluding hydrogens is 207 g/mol. The van der Waals surface area contributed by atoms with Crippen LogP contribution < -0.4 is 5.32 Å². The minimum absolute atomic E-state index is 0.106. The molecular formula is C12H17FN2O. The Hall–Kier alpha value is -0.970. The number of halogens is 1. The lowest BCUT2D eigenvalue weighted by Crippen LogP contribution is -2.43. The number of hydrogen-bond acceptors (Lipinski definition) is 3. The van der Waals surface area contributed by atoms with Crippen LogP contribution in [-0.2, 0) is 13.2 Å². The van der Waals surface area contributed by atoms with Gasteiger partial charge in [-0.2, -0.15) is 0 Å². The second-order valence-electron chi connectivity index (χ2n) is 4.11. The molecule has 1 aromatic carbocycles. The molecule has 0 radical (unpaired) electrons. The maximum atomic E-state index is 13.6. The van der Waals surface area contributed by atoms with E-state index in [0.717, 1.165) is 26.2 Å². The van der Waals surface area contributed by atoms with Crippen molar-refractivity contribution in [3.63, 3.8) is 0 Å². The fraction of sp³-hybridized carbons (Fsp3) is 0.500. The van der Waals surface area contributed by atoms with Crippen LogP contribution in [0.3, 0.4) is 0 Å². The molecule has 0 aliphatic carbocycles. The van der Waals surface area contributed by atoms with Crippen molar-refractivity contribution in [2.75, 3.05) is 26.2 Å². The van der Waals surface area contributed by atoms with Crippen molar-refractivity contribution in [1.82, 2.24) is 10.2 Å². The summed E-state index contributed by atoms with van der Waals surface area (Å²) in [6.07, 6.45) is 0. The van der Waals surface area contributed by atoms with Crippen molar-refractivity contribution in [3.05, 3.63) is 35.1 Å². The van der Waals surface area contributed by atoms with Gasteiger partial charge in [-0.1, -0.05) is 12.1 Å². The first-order valence-corrected chi connectivity index (χ1v) is 5.61. The minimum atomic E-state index is -0.218. The third-order valence-corrected chi connectivity index (χ3v) is 2.90. The molecule has 2 rings (SSSR count). The van der Waals surface area contributed by atoms with Gasteiger partial charge in [0, 0.05) is 38.3 Å². The van der Waals surface area contributed by atoms with E-state index in [1.54, 1.807) is 12.1 Å². The fourth-order valence-corrected chi connectivity index (χ4v) is 1.93. The van der Waals surface area contributed by atoms with Crippen LogP contribution in [0.25, 0.3) is 0 Å². The van der Waals surface area contributed by atoms with Gasteiger partial charge in [0.1, 0.15) is 5.82 Å². The first-order chi connectivity index (χ1) is 7.79. The van der Waals surface area contributed by atoms with Crippen molar-refractivity contribution in [3.8, 4) is 0 Å². The van der Waals surface area contributed by atoms with E-state index in [9.17, 15) is 4.39 Å². The van der Waals surface area contributed by atoms with Gasteiger partial charge in [-0.3, -0.25) is 4.90 Å². The highest BCUT2D eigenvalue weighted by Crippen LogP contribution is 2.13. The standard InChI is InChI=1S/C12H17FN2O/c13-12-7-10(9-16)1-2-11(12)8-15-5-3-14-4-6-15/h1-2,7,14,16H,3-6,8-9H2. The van der Waals surface area contributed by atoms with Crippen molar-refractivity contribution >= 4 is 0 Å². The Morgan fingerprint density at radius 2 is 2.06 bits per heavy atom. The molecule has 2 N–H and O–H groups in total. The molecule has 0 spiro atoms. The number of piperazine rings is 1. The van der Waals surface area contributed by atoms with Crippen LogP contribution >= 0.6 is 0 Å². The summed E-state index contributed by atoms with van der Waals surface area (Å²) in [5, 5.41) is 12.2. The fourth-order valence-electron chi connectivity index (χ4n) is 1.93. The maximum Gasteiger partial charge on any atom is 0.128 e. The molecule has 0 amide bonds. The van der Waals surface area contributed by atoms with Gasteiger partial charge in [0.15, 0.2) is 0 Å². The summed E-state index contributed by atoms with van der Waals surface area (Å²) in [4.78, 5) is 2.23. The van der Waals surface area contributed by atoms with Crippen molar-refractivity contribution < 1.29 is 9.50 Å². The van der Waals surface area contributed by atoms with Gasteiger partial charge in [-0.15, -0.1) is 0 Å². The number of nitrogens with one attached hydrogen (secondary N) is 1. The van der Waals surface area contributed by atoms with Gasteiger partial charge >= 0.3 is 0 Å². The molecule has 4 heteroatoms. The highest BCUT2D eigenvalue weighted by molar-refractivity contribution is 5.24. The lowest BCUT2D eigenvalue weighted by Gasteiger charge is -2.27. The van der Waals surface area contributed by atoms with E-state index in [-0.39, 0.29) is 12.4 Å². The number of nitrogens with zero attached hydrogens (tertiary/aromatic N) is 1. The van der Waals surface area contributed by atoms with Gasteiger partial charge in [0.05, 0.1) is 6.61 Å². The summed E-state index contributed by atoms with van der Waals surface area (Å²) in [6, 6.07) is 4.96. The summed E-state index contributed by atoms with van der Waals surface area (Å²) in [7, 11) is 0. The second-order valence-corrected chi connectivity index (χ2v) is 4.11. The smallest absolute Gasteiger partial charge is 0.128 e. The zero-order valence-corrected chi connectivity index (χ0v) is 9.25. The molecule has 1 aromatic rings. The van der Waals surface area contributed by atoms with E-state index in [2.05, 4.69) is 10.2 Å². The van der Waals surface area contributed by atoms with Gasteiger partial charge in [-0.25, -0.2) is 4.39 Å². The molecule has 3 nitrogen and oxygen atoms in total. The van der Waals surface area contributed by atoms with Crippen LogP contribution in [0, 0.1) is 5.82 Å². The molecule has 88 valence electrons.